The first-order valence-electron chi connectivity index (χ1n) is 3.35. The van der Waals surface area contributed by atoms with Gasteiger partial charge in [-0.3, -0.25) is 0 Å². The molecule has 1 aliphatic heterocycles. The molecule has 0 spiro atoms. The van der Waals surface area contributed by atoms with Crippen LogP contribution in [-0.4, -0.2) is 6.61 Å². The quantitative estimate of drug-likeness (QED) is 0.536. The Balaban J connectivity index is 0.000000605. The fraction of sp³-hybridized carbons (Fsp3) is 0.111. The molecule has 0 bridgehead atoms. The summed E-state index contributed by atoms with van der Waals surface area (Å²) < 4.78 is 5.34. The minimum absolute atomic E-state index is 0. The van der Waals surface area contributed by atoms with Gasteiger partial charge in [0.25, 0.3) is 0 Å². The fourth-order valence-electron chi connectivity index (χ4n) is 1.06. The van der Waals surface area contributed by atoms with Gasteiger partial charge < -0.3 is 4.74 Å². The Hall–Kier alpha value is -0.810. The molecule has 0 N–H and O–H groups in total. The lowest BCUT2D eigenvalue weighted by Crippen LogP contribution is -1.98. The topological polar surface area (TPSA) is 9.23 Å². The van der Waals surface area contributed by atoms with Gasteiger partial charge in [-0.1, -0.05) is 24.3 Å². The van der Waals surface area contributed by atoms with Crippen LogP contribution in [0, 0.1) is 0 Å². The Morgan fingerprint density at radius 3 is 2.82 bits per heavy atom. The molecule has 2 rings (SSSR count). The lowest BCUT2D eigenvalue weighted by Gasteiger charge is -2.10. The zero-order chi connectivity index (χ0) is 6.81. The molecule has 0 aliphatic carbocycles. The first-order valence-corrected chi connectivity index (χ1v) is 3.35. The molecule has 1 nitrogen and oxygen atoms in total. The number of para-hydroxylation sites is 1. The monoisotopic (exact) mass is 166 g/mol. The standard InChI is InChI=1S/C9H8O.H3P/c1-2-6-9-8(4-1)5-3-7-10-9;/h1-6H,7H2;1H3. The number of rotatable bonds is 0. The van der Waals surface area contributed by atoms with Crippen LogP contribution in [-0.2, 0) is 0 Å². The van der Waals surface area contributed by atoms with Crippen molar-refractivity contribution in [3.05, 3.63) is 35.9 Å². The van der Waals surface area contributed by atoms with Gasteiger partial charge in [0.2, 0.25) is 0 Å². The van der Waals surface area contributed by atoms with Crippen LogP contribution in [0.1, 0.15) is 5.56 Å². The summed E-state index contributed by atoms with van der Waals surface area (Å²) in [6.07, 6.45) is 4.10. The van der Waals surface area contributed by atoms with Gasteiger partial charge >= 0.3 is 0 Å². The zero-order valence-electron chi connectivity index (χ0n) is 6.29. The lowest BCUT2D eigenvalue weighted by atomic mass is 10.1. The maximum absolute atomic E-state index is 5.34. The number of ether oxygens (including phenoxy) is 1. The van der Waals surface area contributed by atoms with E-state index < -0.39 is 0 Å². The summed E-state index contributed by atoms with van der Waals surface area (Å²) in [5, 5.41) is 0. The van der Waals surface area contributed by atoms with E-state index >= 15 is 0 Å². The molecule has 0 fully saturated rings. The van der Waals surface area contributed by atoms with Crippen LogP contribution in [0.2, 0.25) is 0 Å². The van der Waals surface area contributed by atoms with Crippen molar-refractivity contribution in [3.8, 4) is 5.75 Å². The Bertz CT molecular complexity index is 268. The SMILES string of the molecule is C1=Cc2ccccc2OC1.P. The van der Waals surface area contributed by atoms with Crippen molar-refractivity contribution in [2.45, 2.75) is 0 Å². The van der Waals surface area contributed by atoms with Gasteiger partial charge in [-0.25, -0.2) is 0 Å². The van der Waals surface area contributed by atoms with E-state index in [2.05, 4.69) is 6.08 Å². The fourth-order valence-corrected chi connectivity index (χ4v) is 1.06. The summed E-state index contributed by atoms with van der Waals surface area (Å²) in [5.41, 5.74) is 1.17. The molecule has 1 aromatic carbocycles. The zero-order valence-corrected chi connectivity index (χ0v) is 7.70. The lowest BCUT2D eigenvalue weighted by molar-refractivity contribution is 0.358. The third-order valence-corrected chi connectivity index (χ3v) is 1.55. The van der Waals surface area contributed by atoms with E-state index in [1.807, 2.05) is 30.3 Å². The van der Waals surface area contributed by atoms with Gasteiger partial charge in [-0.2, -0.15) is 9.90 Å². The van der Waals surface area contributed by atoms with Crippen molar-refractivity contribution >= 4 is 16.0 Å². The second kappa shape index (κ2) is 3.54. The number of fused-ring (bicyclic) bond motifs is 1. The summed E-state index contributed by atoms with van der Waals surface area (Å²) in [6.45, 7) is 0.705. The molecule has 58 valence electrons. The minimum atomic E-state index is 0. The van der Waals surface area contributed by atoms with Crippen LogP contribution in [0.4, 0.5) is 0 Å². The van der Waals surface area contributed by atoms with Crippen molar-refractivity contribution in [3.63, 3.8) is 0 Å². The molecular weight excluding hydrogens is 155 g/mol. The molecule has 11 heavy (non-hydrogen) atoms. The van der Waals surface area contributed by atoms with Crippen molar-refractivity contribution in [2.75, 3.05) is 6.61 Å². The number of hydrogen-bond acceptors (Lipinski definition) is 1. The second-order valence-electron chi connectivity index (χ2n) is 2.25. The van der Waals surface area contributed by atoms with E-state index in [1.165, 1.54) is 5.56 Å². The highest BCUT2D eigenvalue weighted by atomic mass is 31.0. The average Bonchev–Trinajstić information content (AvgIpc) is 2.05. The summed E-state index contributed by atoms with van der Waals surface area (Å²) in [5.74, 6) is 0.991. The Morgan fingerprint density at radius 1 is 1.18 bits per heavy atom. The van der Waals surface area contributed by atoms with Gasteiger partial charge in [0.05, 0.1) is 0 Å². The Kier molecular flexibility index (Phi) is 2.67. The van der Waals surface area contributed by atoms with Gasteiger partial charge in [-0.15, -0.1) is 0 Å². The number of benzene rings is 1. The molecule has 0 saturated heterocycles. The predicted molar refractivity (Wildman–Crippen MR) is 52.1 cm³/mol. The van der Waals surface area contributed by atoms with Crippen LogP contribution in [0.15, 0.2) is 30.3 Å². The van der Waals surface area contributed by atoms with Crippen LogP contribution < -0.4 is 4.74 Å². The molecule has 0 saturated carbocycles. The maximum atomic E-state index is 5.34. The van der Waals surface area contributed by atoms with E-state index in [-0.39, 0.29) is 9.90 Å². The Labute approximate surface area is 69.7 Å². The molecule has 0 aromatic heterocycles. The van der Waals surface area contributed by atoms with E-state index in [9.17, 15) is 0 Å². The Morgan fingerprint density at radius 2 is 2.00 bits per heavy atom. The average molecular weight is 166 g/mol. The highest BCUT2D eigenvalue weighted by Gasteiger charge is 2.01. The van der Waals surface area contributed by atoms with E-state index in [1.54, 1.807) is 0 Å². The van der Waals surface area contributed by atoms with Crippen molar-refractivity contribution in [2.24, 2.45) is 0 Å². The summed E-state index contributed by atoms with van der Waals surface area (Å²) >= 11 is 0. The molecule has 1 aromatic rings. The molecule has 1 aliphatic rings. The van der Waals surface area contributed by atoms with Crippen molar-refractivity contribution in [1.82, 2.24) is 0 Å². The van der Waals surface area contributed by atoms with Crippen molar-refractivity contribution in [1.29, 1.82) is 0 Å². The normalized spacial score (nSPS) is 12.7. The molecule has 1 unspecified atom stereocenters. The summed E-state index contributed by atoms with van der Waals surface area (Å²) in [6, 6.07) is 8.03. The smallest absolute Gasteiger partial charge is 0.126 e. The highest BCUT2D eigenvalue weighted by molar-refractivity contribution is 6.92. The highest BCUT2D eigenvalue weighted by Crippen LogP contribution is 2.21. The summed E-state index contributed by atoms with van der Waals surface area (Å²) in [7, 11) is 0. The second-order valence-corrected chi connectivity index (χ2v) is 2.25. The van der Waals surface area contributed by atoms with Crippen LogP contribution in [0.3, 0.4) is 0 Å². The van der Waals surface area contributed by atoms with Crippen LogP contribution in [0.5, 0.6) is 5.75 Å². The molecular formula is C9H11OP. The predicted octanol–water partition coefficient (Wildman–Crippen LogP) is 2.15. The van der Waals surface area contributed by atoms with Gasteiger partial charge in [0, 0.05) is 5.56 Å². The third-order valence-electron chi connectivity index (χ3n) is 1.55. The van der Waals surface area contributed by atoms with E-state index in [0.29, 0.717) is 6.61 Å². The minimum Gasteiger partial charge on any atom is -0.489 e. The van der Waals surface area contributed by atoms with Crippen LogP contribution in [0.25, 0.3) is 6.08 Å². The first-order chi connectivity index (χ1) is 4.97. The van der Waals surface area contributed by atoms with Gasteiger partial charge in [0.15, 0.2) is 0 Å². The largest absolute Gasteiger partial charge is 0.489 e. The summed E-state index contributed by atoms with van der Waals surface area (Å²) in [4.78, 5) is 0. The van der Waals surface area contributed by atoms with Gasteiger partial charge in [-0.05, 0) is 12.1 Å². The first kappa shape index (κ1) is 8.29. The third kappa shape index (κ3) is 1.61. The number of hydrogen-bond donors (Lipinski definition) is 0. The molecule has 0 amide bonds. The van der Waals surface area contributed by atoms with Crippen LogP contribution >= 0.6 is 9.90 Å². The molecule has 1 atom stereocenters. The molecule has 0 radical (unpaired) electrons. The molecule has 2 heteroatoms. The van der Waals surface area contributed by atoms with Crippen molar-refractivity contribution < 1.29 is 4.74 Å². The maximum Gasteiger partial charge on any atom is 0.126 e. The van der Waals surface area contributed by atoms with E-state index in [0.717, 1.165) is 5.75 Å². The van der Waals surface area contributed by atoms with Gasteiger partial charge in [0.1, 0.15) is 12.4 Å². The molecule has 1 heterocycles. The van der Waals surface area contributed by atoms with E-state index in [4.69, 9.17) is 4.74 Å².